The van der Waals surface area contributed by atoms with Crippen LogP contribution in [0.1, 0.15) is 29.1 Å². The van der Waals surface area contributed by atoms with Gasteiger partial charge in [0, 0.05) is 30.4 Å². The van der Waals surface area contributed by atoms with E-state index in [1.54, 1.807) is 30.3 Å². The summed E-state index contributed by atoms with van der Waals surface area (Å²) in [6.45, 7) is 6.08. The van der Waals surface area contributed by atoms with Gasteiger partial charge in [-0.3, -0.25) is 9.69 Å². The second-order valence-corrected chi connectivity index (χ2v) is 6.28. The van der Waals surface area contributed by atoms with E-state index in [1.165, 1.54) is 9.75 Å². The topological polar surface area (TPSA) is 49.6 Å². The number of nitrogens with two attached hydrogens (primary N) is 1. The molecule has 0 saturated carbocycles. The minimum absolute atomic E-state index is 0.125. The number of aryl methyl sites for hydroxylation is 1. The Morgan fingerprint density at radius 3 is 2.53 bits per heavy atom. The van der Waals surface area contributed by atoms with Crippen LogP contribution in [-0.2, 0) is 4.79 Å². The monoisotopic (exact) mass is 283 g/mol. The molecule has 0 aromatic carbocycles. The van der Waals surface area contributed by atoms with E-state index in [2.05, 4.69) is 30.9 Å². The Balaban J connectivity index is 2.85. The Bertz CT molecular complexity index is 403. The van der Waals surface area contributed by atoms with Gasteiger partial charge in [0.2, 0.25) is 5.91 Å². The van der Waals surface area contributed by atoms with Crippen LogP contribution in [0.3, 0.4) is 0 Å². The van der Waals surface area contributed by atoms with Crippen molar-refractivity contribution in [1.82, 2.24) is 9.80 Å². The number of hydrogen-bond acceptors (Lipinski definition) is 4. The molecule has 0 aliphatic carbocycles. The van der Waals surface area contributed by atoms with Gasteiger partial charge in [-0.2, -0.15) is 0 Å². The number of carbonyl (C=O) groups excluding carboxylic acids is 1. The zero-order chi connectivity index (χ0) is 14.4. The minimum Gasteiger partial charge on any atom is -0.348 e. The quantitative estimate of drug-likeness (QED) is 0.831. The Morgan fingerprint density at radius 1 is 1.42 bits per heavy atom. The summed E-state index contributed by atoms with van der Waals surface area (Å²) in [6.07, 6.45) is 1.02. The van der Waals surface area contributed by atoms with Gasteiger partial charge in [0.05, 0.1) is 12.6 Å². The van der Waals surface area contributed by atoms with Crippen LogP contribution in [0.2, 0.25) is 0 Å². The summed E-state index contributed by atoms with van der Waals surface area (Å²) < 4.78 is 0. The molecule has 108 valence electrons. The lowest BCUT2D eigenvalue weighted by Crippen LogP contribution is -2.41. The molecule has 2 N–H and O–H groups in total. The summed E-state index contributed by atoms with van der Waals surface area (Å²) in [7, 11) is 3.58. The van der Waals surface area contributed by atoms with Gasteiger partial charge in [-0.1, -0.05) is 6.92 Å². The Morgan fingerprint density at radius 2 is 2.11 bits per heavy atom. The molecule has 4 nitrogen and oxygen atoms in total. The average molecular weight is 283 g/mol. The number of nitrogens with zero attached hydrogens (tertiary/aromatic N) is 2. The van der Waals surface area contributed by atoms with E-state index < -0.39 is 0 Å². The average Bonchev–Trinajstić information content (AvgIpc) is 2.76. The number of likely N-dealkylation sites (N-methyl/N-ethyl adjacent to an activating group) is 1. The molecule has 0 fully saturated rings. The normalized spacial score (nSPS) is 12.7. The van der Waals surface area contributed by atoms with Crippen molar-refractivity contribution in [3.05, 3.63) is 21.9 Å². The van der Waals surface area contributed by atoms with Crippen LogP contribution < -0.4 is 5.73 Å². The van der Waals surface area contributed by atoms with Crippen molar-refractivity contribution >= 4 is 17.2 Å². The molecule has 5 heteroatoms. The zero-order valence-electron chi connectivity index (χ0n) is 12.3. The molecule has 0 bridgehead atoms. The fraction of sp³-hybridized carbons (Fsp3) is 0.643. The van der Waals surface area contributed by atoms with Gasteiger partial charge < -0.3 is 10.6 Å². The summed E-state index contributed by atoms with van der Waals surface area (Å²) >= 11 is 1.76. The van der Waals surface area contributed by atoms with Gasteiger partial charge in [-0.15, -0.1) is 11.3 Å². The molecule has 0 aliphatic rings. The van der Waals surface area contributed by atoms with Crippen molar-refractivity contribution in [2.75, 3.05) is 33.7 Å². The molecule has 1 aromatic rings. The molecular formula is C14H25N3OS. The van der Waals surface area contributed by atoms with E-state index in [0.717, 1.165) is 13.0 Å². The van der Waals surface area contributed by atoms with Crippen molar-refractivity contribution < 1.29 is 4.79 Å². The molecule has 1 aromatic heterocycles. The summed E-state index contributed by atoms with van der Waals surface area (Å²) in [5.74, 6) is 0.125. The van der Waals surface area contributed by atoms with Gasteiger partial charge in [-0.25, -0.2) is 0 Å². The van der Waals surface area contributed by atoms with Crippen molar-refractivity contribution in [3.63, 3.8) is 0 Å². The molecular weight excluding hydrogens is 258 g/mol. The summed E-state index contributed by atoms with van der Waals surface area (Å²) in [6, 6.07) is 4.38. The summed E-state index contributed by atoms with van der Waals surface area (Å²) in [5.41, 5.74) is 5.94. The summed E-state index contributed by atoms with van der Waals surface area (Å²) in [4.78, 5) is 18.3. The highest BCUT2D eigenvalue weighted by molar-refractivity contribution is 7.12. The van der Waals surface area contributed by atoms with Crippen LogP contribution in [0.5, 0.6) is 0 Å². The predicted octanol–water partition coefficient (Wildman–Crippen LogP) is 1.86. The number of hydrogen-bond donors (Lipinski definition) is 1. The molecule has 0 spiro atoms. The SMILES string of the molecule is CCCN(CC(=O)N(C)C)C(CN)c1ccc(C)s1. The maximum absolute atomic E-state index is 11.9. The van der Waals surface area contributed by atoms with Crippen molar-refractivity contribution in [3.8, 4) is 0 Å². The second-order valence-electron chi connectivity index (χ2n) is 4.96. The first-order valence-electron chi connectivity index (χ1n) is 6.70. The third kappa shape index (κ3) is 4.60. The fourth-order valence-corrected chi connectivity index (χ4v) is 3.05. The van der Waals surface area contributed by atoms with Gasteiger partial charge in [-0.05, 0) is 32.0 Å². The maximum Gasteiger partial charge on any atom is 0.236 e. The van der Waals surface area contributed by atoms with Crippen molar-refractivity contribution in [1.29, 1.82) is 0 Å². The molecule has 1 atom stereocenters. The van der Waals surface area contributed by atoms with Gasteiger partial charge in [0.1, 0.15) is 0 Å². The van der Waals surface area contributed by atoms with Crippen LogP contribution in [0.15, 0.2) is 12.1 Å². The van der Waals surface area contributed by atoms with E-state index in [9.17, 15) is 4.79 Å². The largest absolute Gasteiger partial charge is 0.348 e. The number of carbonyl (C=O) groups is 1. The van der Waals surface area contributed by atoms with Crippen LogP contribution in [0, 0.1) is 6.92 Å². The number of thiophene rings is 1. The highest BCUT2D eigenvalue weighted by Gasteiger charge is 2.22. The standard InChI is InChI=1S/C14H25N3OS/c1-5-8-17(10-14(18)16(3)4)12(9-15)13-7-6-11(2)19-13/h6-7,12H,5,8-10,15H2,1-4H3. The number of amides is 1. The third-order valence-corrected chi connectivity index (χ3v) is 4.20. The summed E-state index contributed by atoms with van der Waals surface area (Å²) in [5, 5.41) is 0. The molecule has 0 aliphatic heterocycles. The molecule has 1 rings (SSSR count). The van der Waals surface area contributed by atoms with E-state index >= 15 is 0 Å². The fourth-order valence-electron chi connectivity index (χ4n) is 2.03. The lowest BCUT2D eigenvalue weighted by molar-refractivity contribution is -0.130. The highest BCUT2D eigenvalue weighted by atomic mass is 32.1. The van der Waals surface area contributed by atoms with Gasteiger partial charge in [0.25, 0.3) is 0 Å². The van der Waals surface area contributed by atoms with Crippen molar-refractivity contribution in [2.45, 2.75) is 26.3 Å². The van der Waals surface area contributed by atoms with Gasteiger partial charge >= 0.3 is 0 Å². The molecule has 1 unspecified atom stereocenters. The maximum atomic E-state index is 11.9. The smallest absolute Gasteiger partial charge is 0.236 e. The van der Waals surface area contributed by atoms with Crippen LogP contribution >= 0.6 is 11.3 Å². The minimum atomic E-state index is 0.125. The lowest BCUT2D eigenvalue weighted by atomic mass is 10.2. The molecule has 0 radical (unpaired) electrons. The first-order chi connectivity index (χ1) is 8.99. The van der Waals surface area contributed by atoms with E-state index in [1.807, 2.05) is 0 Å². The van der Waals surface area contributed by atoms with Crippen LogP contribution in [0.4, 0.5) is 0 Å². The molecule has 1 heterocycles. The van der Waals surface area contributed by atoms with E-state index in [-0.39, 0.29) is 11.9 Å². The Labute approximate surface area is 120 Å². The van der Waals surface area contributed by atoms with E-state index in [0.29, 0.717) is 13.1 Å². The first kappa shape index (κ1) is 16.1. The predicted molar refractivity (Wildman–Crippen MR) is 81.4 cm³/mol. The van der Waals surface area contributed by atoms with E-state index in [4.69, 9.17) is 5.73 Å². The third-order valence-electron chi connectivity index (χ3n) is 3.10. The lowest BCUT2D eigenvalue weighted by Gasteiger charge is -2.30. The molecule has 1 amide bonds. The Kier molecular flexibility index (Phi) is 6.48. The molecule has 19 heavy (non-hydrogen) atoms. The Hall–Kier alpha value is -0.910. The first-order valence-corrected chi connectivity index (χ1v) is 7.51. The second kappa shape index (κ2) is 7.62. The highest BCUT2D eigenvalue weighted by Crippen LogP contribution is 2.27. The molecule has 0 saturated heterocycles. The van der Waals surface area contributed by atoms with Crippen LogP contribution in [0.25, 0.3) is 0 Å². The number of rotatable bonds is 7. The van der Waals surface area contributed by atoms with Crippen LogP contribution in [-0.4, -0.2) is 49.4 Å². The van der Waals surface area contributed by atoms with Crippen molar-refractivity contribution in [2.24, 2.45) is 5.73 Å². The van der Waals surface area contributed by atoms with Gasteiger partial charge in [0.15, 0.2) is 0 Å². The zero-order valence-corrected chi connectivity index (χ0v) is 13.2.